The number of amides is 1. The molecule has 0 spiro atoms. The van der Waals surface area contributed by atoms with Crippen LogP contribution >= 0.6 is 0 Å². The molecule has 152 valence electrons. The summed E-state index contributed by atoms with van der Waals surface area (Å²) >= 11 is 0. The lowest BCUT2D eigenvalue weighted by atomic mass is 10.1. The van der Waals surface area contributed by atoms with Gasteiger partial charge in [0.05, 0.1) is 13.7 Å². The van der Waals surface area contributed by atoms with Crippen molar-refractivity contribution in [3.63, 3.8) is 0 Å². The topological polar surface area (TPSA) is 93.4 Å². The molecule has 30 heavy (non-hydrogen) atoms. The maximum atomic E-state index is 12.6. The van der Waals surface area contributed by atoms with Crippen molar-refractivity contribution in [3.8, 4) is 11.8 Å². The van der Waals surface area contributed by atoms with Gasteiger partial charge in [0.1, 0.15) is 23.9 Å². The Morgan fingerprint density at radius 2 is 1.90 bits per heavy atom. The Bertz CT molecular complexity index is 1140. The van der Waals surface area contributed by atoms with E-state index in [1.165, 1.54) is 13.2 Å². The van der Waals surface area contributed by atoms with Crippen LogP contribution in [0.25, 0.3) is 17.0 Å². The molecule has 0 saturated heterocycles. The fourth-order valence-corrected chi connectivity index (χ4v) is 3.03. The number of anilines is 1. The molecule has 0 bridgehead atoms. The minimum absolute atomic E-state index is 0.0329. The Hall–Kier alpha value is -4.05. The van der Waals surface area contributed by atoms with E-state index in [4.69, 9.17) is 9.47 Å². The van der Waals surface area contributed by atoms with Crippen LogP contribution < -0.4 is 10.1 Å². The van der Waals surface area contributed by atoms with Crippen LogP contribution in [0.1, 0.15) is 12.5 Å². The second-order valence-electron chi connectivity index (χ2n) is 6.39. The number of aromatic nitrogens is 1. The predicted octanol–water partition coefficient (Wildman–Crippen LogP) is 3.76. The molecule has 0 aliphatic carbocycles. The van der Waals surface area contributed by atoms with E-state index in [2.05, 4.69) is 5.32 Å². The molecule has 1 N–H and O–H groups in total. The van der Waals surface area contributed by atoms with Gasteiger partial charge in [-0.3, -0.25) is 9.59 Å². The SMILES string of the molecule is CCOc1ccc(NC(=O)/C(C#N)=C/c2cn(CC(=O)OC)c3ccccc23)cc1. The first-order chi connectivity index (χ1) is 14.5. The number of nitrogens with zero attached hydrogens (tertiary/aromatic N) is 2. The highest BCUT2D eigenvalue weighted by atomic mass is 16.5. The Morgan fingerprint density at radius 3 is 2.57 bits per heavy atom. The van der Waals surface area contributed by atoms with E-state index >= 15 is 0 Å². The summed E-state index contributed by atoms with van der Waals surface area (Å²) in [6.45, 7) is 2.48. The molecule has 7 heteroatoms. The second kappa shape index (κ2) is 9.43. The first-order valence-electron chi connectivity index (χ1n) is 9.36. The molecule has 0 radical (unpaired) electrons. The number of nitrogens with one attached hydrogen (secondary N) is 1. The molecule has 0 atom stereocenters. The molecule has 0 unspecified atom stereocenters. The number of methoxy groups -OCH3 is 1. The Morgan fingerprint density at radius 1 is 1.17 bits per heavy atom. The summed E-state index contributed by atoms with van der Waals surface area (Å²) in [6, 6.07) is 16.3. The number of carbonyl (C=O) groups excluding carboxylic acids is 2. The lowest BCUT2D eigenvalue weighted by Crippen LogP contribution is -2.13. The molecule has 2 aromatic carbocycles. The number of hydrogen-bond donors (Lipinski definition) is 1. The van der Waals surface area contributed by atoms with Gasteiger partial charge in [-0.05, 0) is 43.3 Å². The van der Waals surface area contributed by atoms with Crippen molar-refractivity contribution in [1.29, 1.82) is 5.26 Å². The molecule has 3 rings (SSSR count). The van der Waals surface area contributed by atoms with Crippen LogP contribution in [-0.4, -0.2) is 30.2 Å². The van der Waals surface area contributed by atoms with Gasteiger partial charge in [-0.1, -0.05) is 18.2 Å². The lowest BCUT2D eigenvalue weighted by molar-refractivity contribution is -0.141. The van der Waals surface area contributed by atoms with Crippen molar-refractivity contribution in [2.24, 2.45) is 0 Å². The molecule has 7 nitrogen and oxygen atoms in total. The number of hydrogen-bond acceptors (Lipinski definition) is 5. The maximum Gasteiger partial charge on any atom is 0.325 e. The minimum atomic E-state index is -0.522. The van der Waals surface area contributed by atoms with Crippen LogP contribution in [0.3, 0.4) is 0 Å². The van der Waals surface area contributed by atoms with Crippen LogP contribution in [0, 0.1) is 11.3 Å². The number of rotatable bonds is 7. The fraction of sp³-hybridized carbons (Fsp3) is 0.174. The smallest absolute Gasteiger partial charge is 0.325 e. The molecule has 0 fully saturated rings. The number of esters is 1. The third-order valence-corrected chi connectivity index (χ3v) is 4.43. The van der Waals surface area contributed by atoms with Crippen LogP contribution in [-0.2, 0) is 20.9 Å². The largest absolute Gasteiger partial charge is 0.494 e. The summed E-state index contributed by atoms with van der Waals surface area (Å²) in [5, 5.41) is 13.1. The molecule has 0 saturated carbocycles. The van der Waals surface area contributed by atoms with Gasteiger partial charge in [0.2, 0.25) is 0 Å². The number of benzene rings is 2. The zero-order chi connectivity index (χ0) is 21.5. The first-order valence-corrected chi connectivity index (χ1v) is 9.36. The highest BCUT2D eigenvalue weighted by Gasteiger charge is 2.14. The van der Waals surface area contributed by atoms with Gasteiger partial charge in [-0.15, -0.1) is 0 Å². The van der Waals surface area contributed by atoms with Gasteiger partial charge in [0.25, 0.3) is 5.91 Å². The molecule has 1 aromatic heterocycles. The lowest BCUT2D eigenvalue weighted by Gasteiger charge is -2.06. The standard InChI is InChI=1S/C23H21N3O4/c1-3-30-19-10-8-18(9-11-19)25-23(28)16(13-24)12-17-14-26(15-22(27)29-2)21-7-5-4-6-20(17)21/h4-12,14H,3,15H2,1-2H3,(H,25,28)/b16-12+. The van der Waals surface area contributed by atoms with Crippen molar-refractivity contribution >= 4 is 34.5 Å². The van der Waals surface area contributed by atoms with E-state index in [-0.39, 0.29) is 18.1 Å². The van der Waals surface area contributed by atoms with E-state index in [9.17, 15) is 14.9 Å². The van der Waals surface area contributed by atoms with Crippen molar-refractivity contribution in [1.82, 2.24) is 4.57 Å². The number of para-hydroxylation sites is 1. The average molecular weight is 403 g/mol. The van der Waals surface area contributed by atoms with Crippen molar-refractivity contribution < 1.29 is 19.1 Å². The van der Waals surface area contributed by atoms with E-state index < -0.39 is 5.91 Å². The van der Waals surface area contributed by atoms with Crippen molar-refractivity contribution in [2.75, 3.05) is 19.0 Å². The van der Waals surface area contributed by atoms with Crippen LogP contribution in [0.2, 0.25) is 0 Å². The summed E-state index contributed by atoms with van der Waals surface area (Å²) in [4.78, 5) is 24.3. The predicted molar refractivity (Wildman–Crippen MR) is 114 cm³/mol. The monoisotopic (exact) mass is 403 g/mol. The number of nitriles is 1. The van der Waals surface area contributed by atoms with Gasteiger partial charge in [0.15, 0.2) is 0 Å². The van der Waals surface area contributed by atoms with Crippen molar-refractivity contribution in [2.45, 2.75) is 13.5 Å². The van der Waals surface area contributed by atoms with Crippen LogP contribution in [0.15, 0.2) is 60.3 Å². The highest BCUT2D eigenvalue weighted by molar-refractivity contribution is 6.10. The molecular formula is C23H21N3O4. The van der Waals surface area contributed by atoms with Gasteiger partial charge in [-0.2, -0.15) is 5.26 Å². The minimum Gasteiger partial charge on any atom is -0.494 e. The number of carbonyl (C=O) groups is 2. The molecule has 1 heterocycles. The number of ether oxygens (including phenoxy) is 2. The summed E-state index contributed by atoms with van der Waals surface area (Å²) < 4.78 is 11.9. The Balaban J connectivity index is 1.88. The Kier molecular flexibility index (Phi) is 6.50. The molecule has 1 amide bonds. The second-order valence-corrected chi connectivity index (χ2v) is 6.39. The van der Waals surface area contributed by atoms with Gasteiger partial charge < -0.3 is 19.4 Å². The van der Waals surface area contributed by atoms with E-state index in [1.807, 2.05) is 37.3 Å². The normalized spacial score (nSPS) is 11.0. The van der Waals surface area contributed by atoms with E-state index in [0.717, 1.165) is 10.9 Å². The molecule has 3 aromatic rings. The fourth-order valence-electron chi connectivity index (χ4n) is 3.03. The molecule has 0 aliphatic heterocycles. The van der Waals surface area contributed by atoms with Crippen LogP contribution in [0.5, 0.6) is 5.75 Å². The maximum absolute atomic E-state index is 12.6. The zero-order valence-corrected chi connectivity index (χ0v) is 16.7. The Labute approximate surface area is 174 Å². The summed E-state index contributed by atoms with van der Waals surface area (Å²) in [5.74, 6) is -0.212. The van der Waals surface area contributed by atoms with E-state index in [1.54, 1.807) is 35.0 Å². The third kappa shape index (κ3) is 4.67. The van der Waals surface area contributed by atoms with Gasteiger partial charge >= 0.3 is 5.97 Å². The van der Waals surface area contributed by atoms with Crippen molar-refractivity contribution in [3.05, 3.63) is 65.9 Å². The zero-order valence-electron chi connectivity index (χ0n) is 16.7. The molecule has 0 aliphatic rings. The molecular weight excluding hydrogens is 382 g/mol. The number of fused-ring (bicyclic) bond motifs is 1. The summed E-state index contributed by atoms with van der Waals surface area (Å²) in [7, 11) is 1.33. The average Bonchev–Trinajstić information content (AvgIpc) is 3.10. The quantitative estimate of drug-likeness (QED) is 0.368. The summed E-state index contributed by atoms with van der Waals surface area (Å²) in [5.41, 5.74) is 1.97. The van der Waals surface area contributed by atoms with Crippen LogP contribution in [0.4, 0.5) is 5.69 Å². The highest BCUT2D eigenvalue weighted by Crippen LogP contribution is 2.24. The summed E-state index contributed by atoms with van der Waals surface area (Å²) in [6.07, 6.45) is 3.24. The first kappa shape index (κ1) is 20.7. The third-order valence-electron chi connectivity index (χ3n) is 4.43. The van der Waals surface area contributed by atoms with Gasteiger partial charge in [0, 0.05) is 28.4 Å². The van der Waals surface area contributed by atoms with E-state index in [0.29, 0.717) is 23.6 Å². The van der Waals surface area contributed by atoms with Gasteiger partial charge in [-0.25, -0.2) is 0 Å².